The Hall–Kier alpha value is -6.28. The molecule has 0 unspecified atom stereocenters. The minimum atomic E-state index is 0.775. The second-order valence-electron chi connectivity index (χ2n) is 15.6. The molecular weight excluding hydrogens is 701 g/mol. The average Bonchev–Trinajstić information content (AvgIpc) is 3.20. The van der Waals surface area contributed by atoms with Crippen molar-refractivity contribution in [2.24, 2.45) is 0 Å². The zero-order chi connectivity index (χ0) is 39.5. The van der Waals surface area contributed by atoms with E-state index in [4.69, 9.17) is 21.4 Å². The van der Waals surface area contributed by atoms with Gasteiger partial charge in [-0.25, -0.2) is 9.97 Å². The van der Waals surface area contributed by atoms with Crippen LogP contribution in [0, 0.1) is 27.7 Å². The summed E-state index contributed by atoms with van der Waals surface area (Å²) >= 11 is 0. The Morgan fingerprint density at radius 1 is 0.421 bits per heavy atom. The van der Waals surface area contributed by atoms with Crippen LogP contribution < -0.4 is 31.2 Å². The summed E-state index contributed by atoms with van der Waals surface area (Å²) in [6.07, 6.45) is 8.50. The molecule has 288 valence electrons. The van der Waals surface area contributed by atoms with Gasteiger partial charge < -0.3 is 22.1 Å². The molecule has 2 heterocycles. The van der Waals surface area contributed by atoms with E-state index in [1.807, 2.05) is 13.8 Å². The Morgan fingerprint density at radius 2 is 0.754 bits per heavy atom. The highest BCUT2D eigenvalue weighted by atomic mass is 15.0. The molecule has 6 N–H and O–H groups in total. The summed E-state index contributed by atoms with van der Waals surface area (Å²) in [5.41, 5.74) is 31.3. The van der Waals surface area contributed by atoms with Crippen molar-refractivity contribution in [1.29, 1.82) is 0 Å². The Balaban J connectivity index is 0.840. The van der Waals surface area contributed by atoms with Crippen LogP contribution >= 0.6 is 0 Å². The van der Waals surface area contributed by atoms with Gasteiger partial charge in [-0.2, -0.15) is 0 Å². The lowest BCUT2D eigenvalue weighted by atomic mass is 10.1. The number of hydrogen-bond donors (Lipinski definition) is 4. The van der Waals surface area contributed by atoms with Gasteiger partial charge in [0.2, 0.25) is 33.4 Å². The van der Waals surface area contributed by atoms with Crippen LogP contribution in [0.1, 0.15) is 67.2 Å². The number of nitrogen functional groups attached to an aromatic ring is 2. The van der Waals surface area contributed by atoms with Gasteiger partial charge in [-0.1, -0.05) is 68.5 Å². The summed E-state index contributed by atoms with van der Waals surface area (Å²) in [5.74, 6) is 0. The van der Waals surface area contributed by atoms with Crippen LogP contribution in [0.3, 0.4) is 0 Å². The lowest BCUT2D eigenvalue weighted by Crippen LogP contribution is -2.33. The summed E-state index contributed by atoms with van der Waals surface area (Å²) in [4.78, 5) is 10.1. The van der Waals surface area contributed by atoms with E-state index in [-0.39, 0.29) is 0 Å². The predicted molar refractivity (Wildman–Crippen MR) is 239 cm³/mol. The molecule has 8 nitrogen and oxygen atoms in total. The van der Waals surface area contributed by atoms with E-state index in [1.54, 1.807) is 0 Å². The van der Waals surface area contributed by atoms with Crippen molar-refractivity contribution in [1.82, 2.24) is 9.97 Å². The van der Waals surface area contributed by atoms with E-state index in [2.05, 4.69) is 143 Å². The summed E-state index contributed by atoms with van der Waals surface area (Å²) in [7, 11) is 0. The molecule has 0 amide bonds. The van der Waals surface area contributed by atoms with Crippen molar-refractivity contribution in [3.63, 3.8) is 0 Å². The lowest BCUT2D eigenvalue weighted by molar-refractivity contribution is -0.538. The Bertz CT molecular complexity index is 2540. The fourth-order valence-corrected chi connectivity index (χ4v) is 8.02. The van der Waals surface area contributed by atoms with Crippen molar-refractivity contribution in [2.75, 3.05) is 35.2 Å². The molecule has 0 saturated carbocycles. The van der Waals surface area contributed by atoms with Crippen LogP contribution in [-0.2, 0) is 0 Å². The number of aromatic nitrogens is 4. The molecule has 0 fully saturated rings. The van der Waals surface area contributed by atoms with Crippen LogP contribution in [0.2, 0.25) is 0 Å². The normalized spacial score (nSPS) is 11.6. The Morgan fingerprint density at radius 3 is 1.14 bits per heavy atom. The Labute approximate surface area is 335 Å². The second kappa shape index (κ2) is 16.4. The number of hydrogen-bond acceptors (Lipinski definition) is 6. The van der Waals surface area contributed by atoms with E-state index in [0.717, 1.165) is 115 Å². The summed E-state index contributed by atoms with van der Waals surface area (Å²) in [6, 6.07) is 38.2. The molecule has 0 radical (unpaired) electrons. The summed E-state index contributed by atoms with van der Waals surface area (Å²) < 4.78 is 4.57. The third-order valence-corrected chi connectivity index (χ3v) is 11.3. The molecule has 0 bridgehead atoms. The van der Waals surface area contributed by atoms with Gasteiger partial charge in [0.25, 0.3) is 0 Å². The van der Waals surface area contributed by atoms with Crippen LogP contribution in [-0.4, -0.2) is 23.1 Å². The zero-order valence-corrected chi connectivity index (χ0v) is 33.7. The maximum Gasteiger partial charge on any atom is 0.239 e. The van der Waals surface area contributed by atoms with Crippen LogP contribution in [0.4, 0.5) is 22.7 Å². The van der Waals surface area contributed by atoms with Gasteiger partial charge in [-0.15, -0.1) is 9.13 Å². The molecule has 2 aromatic heterocycles. The highest BCUT2D eigenvalue weighted by molar-refractivity contribution is 5.88. The number of benzene rings is 6. The largest absolute Gasteiger partial charge is 0.398 e. The van der Waals surface area contributed by atoms with Crippen molar-refractivity contribution < 1.29 is 9.13 Å². The van der Waals surface area contributed by atoms with Crippen molar-refractivity contribution >= 4 is 66.9 Å². The Kier molecular flexibility index (Phi) is 10.9. The van der Waals surface area contributed by atoms with E-state index in [9.17, 15) is 0 Å². The molecule has 0 atom stereocenters. The molecule has 0 aliphatic heterocycles. The van der Waals surface area contributed by atoms with Gasteiger partial charge in [-0.3, -0.25) is 0 Å². The molecule has 57 heavy (non-hydrogen) atoms. The van der Waals surface area contributed by atoms with Crippen LogP contribution in [0.15, 0.2) is 109 Å². The molecule has 0 saturated heterocycles. The van der Waals surface area contributed by atoms with E-state index in [0.29, 0.717) is 0 Å². The lowest BCUT2D eigenvalue weighted by Gasteiger charge is -2.12. The van der Waals surface area contributed by atoms with Crippen LogP contribution in [0.5, 0.6) is 0 Å². The highest BCUT2D eigenvalue weighted by Gasteiger charge is 2.23. The number of unbranched alkanes of at least 4 members (excludes halogenated alkanes) is 6. The number of fused-ring (bicyclic) bond motifs is 4. The number of nitrogens with zero attached hydrogens (tertiary/aromatic N) is 4. The maximum atomic E-state index is 6.40. The minimum absolute atomic E-state index is 0.775. The molecular formula is C49H54N8+2. The molecule has 6 aromatic carbocycles. The molecule has 0 aliphatic carbocycles. The van der Waals surface area contributed by atoms with Gasteiger partial charge in [0, 0.05) is 84.4 Å². The van der Waals surface area contributed by atoms with Gasteiger partial charge in [-0.05, 0) is 87.1 Å². The first-order valence-electron chi connectivity index (χ1n) is 20.5. The number of nitrogens with one attached hydrogen (secondary N) is 2. The van der Waals surface area contributed by atoms with E-state index in [1.165, 1.54) is 43.2 Å². The van der Waals surface area contributed by atoms with Gasteiger partial charge >= 0.3 is 0 Å². The smallest absolute Gasteiger partial charge is 0.239 e. The standard InChI is InChI=1S/C49H52N8/c1-32-24-42-46(28-38(32)50)56(36-18-12-10-13-19-36)48-30-40(34(3)26-44(48)54-42)52-22-16-8-6-5-7-9-17-23-53-41-31-49-45(27-35(41)4)55-43-25-33(2)39(51)29-47(43)57(49)37-20-14-11-15-21-37/h10-15,18-21,24-31H,5-9,16-17,22-23H2,1-4H3,(H4,50,51,52,53)/p+2. The predicted octanol–water partition coefficient (Wildman–Crippen LogP) is 10.3. The molecule has 8 aromatic rings. The zero-order valence-electron chi connectivity index (χ0n) is 33.7. The quantitative estimate of drug-likeness (QED) is 0.0381. The third-order valence-electron chi connectivity index (χ3n) is 11.3. The van der Waals surface area contributed by atoms with Crippen molar-refractivity contribution in [2.45, 2.75) is 72.6 Å². The van der Waals surface area contributed by atoms with Gasteiger partial charge in [0.05, 0.1) is 0 Å². The van der Waals surface area contributed by atoms with Gasteiger partial charge in [0.1, 0.15) is 22.1 Å². The van der Waals surface area contributed by atoms with E-state index >= 15 is 0 Å². The fourth-order valence-electron chi connectivity index (χ4n) is 8.02. The molecule has 8 heteroatoms. The molecule has 8 rings (SSSR count). The monoisotopic (exact) mass is 754 g/mol. The van der Waals surface area contributed by atoms with Gasteiger partial charge in [0.15, 0.2) is 0 Å². The first-order valence-corrected chi connectivity index (χ1v) is 20.5. The average molecular weight is 755 g/mol. The SMILES string of the molecule is Cc1cc2nc3cc(C)c(NCCCCCCCCCNc4cc5c(cc4C)nc4cc(C)c(N)cc4[n+]5-c4ccccc4)cc3[n+](-c3ccccc3)c2cc1N. The third kappa shape index (κ3) is 7.90. The molecule has 0 aliphatic rings. The highest BCUT2D eigenvalue weighted by Crippen LogP contribution is 2.28. The summed E-state index contributed by atoms with van der Waals surface area (Å²) in [5, 5.41) is 7.49. The number of nitrogens with two attached hydrogens (primary N) is 2. The molecule has 0 spiro atoms. The topological polar surface area (TPSA) is 110 Å². The first-order chi connectivity index (χ1) is 27.7. The van der Waals surface area contributed by atoms with E-state index < -0.39 is 0 Å². The number of para-hydroxylation sites is 2. The minimum Gasteiger partial charge on any atom is -0.398 e. The first kappa shape index (κ1) is 37.6. The van der Waals surface area contributed by atoms with Crippen molar-refractivity contribution in [3.8, 4) is 11.4 Å². The summed E-state index contributed by atoms with van der Waals surface area (Å²) in [6.45, 7) is 10.3. The second-order valence-corrected chi connectivity index (χ2v) is 15.6. The number of anilines is 4. The fraction of sp³-hybridized carbons (Fsp3) is 0.265. The van der Waals surface area contributed by atoms with Crippen molar-refractivity contribution in [3.05, 3.63) is 131 Å². The van der Waals surface area contributed by atoms with Crippen LogP contribution in [0.25, 0.3) is 55.5 Å². The number of aryl methyl sites for hydroxylation is 4. The maximum absolute atomic E-state index is 6.40. The number of rotatable bonds is 14.